The van der Waals surface area contributed by atoms with E-state index < -0.39 is 0 Å². The smallest absolute Gasteiger partial charge is 0.265 e. The lowest BCUT2D eigenvalue weighted by Crippen LogP contribution is -2.22. The lowest BCUT2D eigenvalue weighted by Gasteiger charge is -2.12. The van der Waals surface area contributed by atoms with Crippen molar-refractivity contribution in [2.75, 3.05) is 5.32 Å². The van der Waals surface area contributed by atoms with Crippen LogP contribution in [0.4, 0.5) is 5.69 Å². The van der Waals surface area contributed by atoms with Gasteiger partial charge in [-0.05, 0) is 49.2 Å². The molecule has 1 N–H and O–H groups in total. The summed E-state index contributed by atoms with van der Waals surface area (Å²) < 4.78 is 1.59. The van der Waals surface area contributed by atoms with E-state index in [-0.39, 0.29) is 11.5 Å². The lowest BCUT2D eigenvalue weighted by molar-refractivity contribution is -0.116. The number of benzene rings is 2. The van der Waals surface area contributed by atoms with Crippen LogP contribution < -0.4 is 10.9 Å². The van der Waals surface area contributed by atoms with Gasteiger partial charge in [0.1, 0.15) is 5.82 Å². The molecule has 0 fully saturated rings. The first-order valence-electron chi connectivity index (χ1n) is 8.34. The topological polar surface area (TPSA) is 64.0 Å². The summed E-state index contributed by atoms with van der Waals surface area (Å²) in [4.78, 5) is 29.2. The standard InChI is InChI=1S/C20H21N3O2/c1-13(2)12-19(24)22-15-8-10-16(11-9-15)23-14(3)21-18-7-5-4-6-17(18)20(23)25/h4-11,13H,12H2,1-3H3,(H,22,24). The second kappa shape index (κ2) is 6.89. The Hall–Kier alpha value is -2.95. The van der Waals surface area contributed by atoms with Gasteiger partial charge in [0.2, 0.25) is 5.91 Å². The minimum absolute atomic E-state index is 0.0107. The minimum atomic E-state index is -0.0975. The molecule has 0 aliphatic heterocycles. The summed E-state index contributed by atoms with van der Waals surface area (Å²) in [6.07, 6.45) is 0.481. The Morgan fingerprint density at radius 3 is 2.48 bits per heavy atom. The average Bonchev–Trinajstić information content (AvgIpc) is 2.55. The number of fused-ring (bicyclic) bond motifs is 1. The Bertz CT molecular complexity index is 972. The third kappa shape index (κ3) is 3.60. The summed E-state index contributed by atoms with van der Waals surface area (Å²) in [5.41, 5.74) is 2.04. The fourth-order valence-corrected chi connectivity index (χ4v) is 2.82. The Morgan fingerprint density at radius 1 is 1.12 bits per heavy atom. The van der Waals surface area contributed by atoms with E-state index in [1.54, 1.807) is 22.8 Å². The molecule has 0 bridgehead atoms. The largest absolute Gasteiger partial charge is 0.326 e. The highest BCUT2D eigenvalue weighted by atomic mass is 16.1. The van der Waals surface area contributed by atoms with Crippen molar-refractivity contribution in [3.05, 3.63) is 64.7 Å². The van der Waals surface area contributed by atoms with Gasteiger partial charge in [0, 0.05) is 12.1 Å². The SMILES string of the molecule is Cc1nc2ccccc2c(=O)n1-c1ccc(NC(=O)CC(C)C)cc1. The highest BCUT2D eigenvalue weighted by Gasteiger charge is 2.10. The zero-order valence-corrected chi connectivity index (χ0v) is 14.6. The molecule has 0 aliphatic rings. The molecule has 5 heteroatoms. The van der Waals surface area contributed by atoms with Gasteiger partial charge in [-0.25, -0.2) is 4.98 Å². The van der Waals surface area contributed by atoms with Gasteiger partial charge >= 0.3 is 0 Å². The highest BCUT2D eigenvalue weighted by Crippen LogP contribution is 2.16. The maximum atomic E-state index is 12.8. The monoisotopic (exact) mass is 335 g/mol. The molecule has 2 aromatic carbocycles. The summed E-state index contributed by atoms with van der Waals surface area (Å²) >= 11 is 0. The molecule has 3 aromatic rings. The molecule has 25 heavy (non-hydrogen) atoms. The van der Waals surface area contributed by atoms with Gasteiger partial charge in [-0.3, -0.25) is 14.2 Å². The lowest BCUT2D eigenvalue weighted by atomic mass is 10.1. The zero-order valence-electron chi connectivity index (χ0n) is 14.6. The Balaban J connectivity index is 1.94. The van der Waals surface area contributed by atoms with Crippen molar-refractivity contribution in [3.63, 3.8) is 0 Å². The van der Waals surface area contributed by atoms with Crippen molar-refractivity contribution >= 4 is 22.5 Å². The predicted molar refractivity (Wildman–Crippen MR) is 100 cm³/mol. The van der Waals surface area contributed by atoms with Crippen molar-refractivity contribution in [3.8, 4) is 5.69 Å². The van der Waals surface area contributed by atoms with Crippen LogP contribution in [0.2, 0.25) is 0 Å². The molecule has 0 spiro atoms. The molecule has 128 valence electrons. The summed E-state index contributed by atoms with van der Waals surface area (Å²) in [5.74, 6) is 0.924. The van der Waals surface area contributed by atoms with E-state index in [0.29, 0.717) is 34.8 Å². The molecule has 0 aliphatic carbocycles. The fourth-order valence-electron chi connectivity index (χ4n) is 2.82. The van der Waals surface area contributed by atoms with Crippen molar-refractivity contribution in [1.82, 2.24) is 9.55 Å². The molecule has 0 unspecified atom stereocenters. The van der Waals surface area contributed by atoms with E-state index in [2.05, 4.69) is 10.3 Å². The molecule has 5 nitrogen and oxygen atoms in total. The van der Waals surface area contributed by atoms with Crippen LogP contribution in [0.25, 0.3) is 16.6 Å². The fraction of sp³-hybridized carbons (Fsp3) is 0.250. The van der Waals surface area contributed by atoms with Crippen LogP contribution in [-0.4, -0.2) is 15.5 Å². The molecule has 3 rings (SSSR count). The molecule has 1 amide bonds. The quantitative estimate of drug-likeness (QED) is 0.791. The number of anilines is 1. The second-order valence-corrected chi connectivity index (χ2v) is 6.51. The van der Waals surface area contributed by atoms with E-state index in [1.165, 1.54) is 0 Å². The number of aromatic nitrogens is 2. The van der Waals surface area contributed by atoms with Crippen LogP contribution in [0.5, 0.6) is 0 Å². The molecule has 1 aromatic heterocycles. The molecule has 0 atom stereocenters. The van der Waals surface area contributed by atoms with Crippen LogP contribution >= 0.6 is 0 Å². The van der Waals surface area contributed by atoms with E-state index in [1.807, 2.05) is 51.1 Å². The Morgan fingerprint density at radius 2 is 1.80 bits per heavy atom. The number of aryl methyl sites for hydroxylation is 1. The number of carbonyl (C=O) groups is 1. The van der Waals surface area contributed by atoms with Gasteiger partial charge in [-0.15, -0.1) is 0 Å². The van der Waals surface area contributed by atoms with E-state index in [9.17, 15) is 9.59 Å². The summed E-state index contributed by atoms with van der Waals surface area (Å²) in [5, 5.41) is 3.45. The number of carbonyl (C=O) groups excluding carboxylic acids is 1. The van der Waals surface area contributed by atoms with Crippen molar-refractivity contribution in [2.45, 2.75) is 27.2 Å². The van der Waals surface area contributed by atoms with Gasteiger partial charge in [0.15, 0.2) is 0 Å². The van der Waals surface area contributed by atoms with Gasteiger partial charge in [-0.1, -0.05) is 26.0 Å². The summed E-state index contributed by atoms with van der Waals surface area (Å²) in [6.45, 7) is 5.82. The summed E-state index contributed by atoms with van der Waals surface area (Å²) in [7, 11) is 0. The third-order valence-electron chi connectivity index (χ3n) is 3.95. The van der Waals surface area contributed by atoms with Crippen LogP contribution in [0.1, 0.15) is 26.1 Å². The number of hydrogen-bond acceptors (Lipinski definition) is 3. The number of hydrogen-bond donors (Lipinski definition) is 1. The first kappa shape index (κ1) is 16.9. The normalized spacial score (nSPS) is 11.0. The molecular formula is C20H21N3O2. The van der Waals surface area contributed by atoms with Crippen molar-refractivity contribution in [2.24, 2.45) is 5.92 Å². The second-order valence-electron chi connectivity index (χ2n) is 6.51. The van der Waals surface area contributed by atoms with Crippen LogP contribution in [0, 0.1) is 12.8 Å². The molecule has 1 heterocycles. The maximum absolute atomic E-state index is 12.8. The van der Waals surface area contributed by atoms with Gasteiger partial charge < -0.3 is 5.32 Å². The number of nitrogens with zero attached hydrogens (tertiary/aromatic N) is 2. The van der Waals surface area contributed by atoms with Crippen LogP contribution in [0.15, 0.2) is 53.3 Å². The first-order valence-corrected chi connectivity index (χ1v) is 8.34. The van der Waals surface area contributed by atoms with Crippen molar-refractivity contribution < 1.29 is 4.79 Å². The number of rotatable bonds is 4. The van der Waals surface area contributed by atoms with E-state index in [0.717, 1.165) is 5.69 Å². The number of nitrogens with one attached hydrogen (secondary N) is 1. The highest BCUT2D eigenvalue weighted by molar-refractivity contribution is 5.90. The van der Waals surface area contributed by atoms with Gasteiger partial charge in [-0.2, -0.15) is 0 Å². The minimum Gasteiger partial charge on any atom is -0.326 e. The first-order chi connectivity index (χ1) is 12.0. The molecular weight excluding hydrogens is 314 g/mol. The zero-order chi connectivity index (χ0) is 18.0. The van der Waals surface area contributed by atoms with E-state index in [4.69, 9.17) is 0 Å². The van der Waals surface area contributed by atoms with Crippen molar-refractivity contribution in [1.29, 1.82) is 0 Å². The van der Waals surface area contributed by atoms with Gasteiger partial charge in [0.05, 0.1) is 16.6 Å². The summed E-state index contributed by atoms with van der Waals surface area (Å²) in [6, 6.07) is 14.5. The Kier molecular flexibility index (Phi) is 4.65. The predicted octanol–water partition coefficient (Wildman–Crippen LogP) is 3.68. The maximum Gasteiger partial charge on any atom is 0.265 e. The van der Waals surface area contributed by atoms with E-state index >= 15 is 0 Å². The molecule has 0 saturated carbocycles. The molecule has 0 saturated heterocycles. The molecule has 0 radical (unpaired) electrons. The average molecular weight is 335 g/mol. The number of amides is 1. The number of para-hydroxylation sites is 1. The third-order valence-corrected chi connectivity index (χ3v) is 3.95. The van der Waals surface area contributed by atoms with Crippen LogP contribution in [-0.2, 0) is 4.79 Å². The van der Waals surface area contributed by atoms with Gasteiger partial charge in [0.25, 0.3) is 5.56 Å². The van der Waals surface area contributed by atoms with Crippen LogP contribution in [0.3, 0.4) is 0 Å². The Labute approximate surface area is 146 Å².